The fraction of sp³-hybridized carbons (Fsp3) is 0.550. The van der Waals surface area contributed by atoms with Gasteiger partial charge in [-0.05, 0) is 23.6 Å². The fourth-order valence-corrected chi connectivity index (χ4v) is 2.91. The Hall–Kier alpha value is -3.27. The molecule has 1 aromatic carbocycles. The Balaban J connectivity index is 3.30. The zero-order valence-corrected chi connectivity index (χ0v) is 19.1. The van der Waals surface area contributed by atoms with Gasteiger partial charge in [0, 0.05) is 0 Å². The van der Waals surface area contributed by atoms with Gasteiger partial charge in [-0.2, -0.15) is 13.2 Å². The maximum atomic E-state index is 13.1. The number of carboxylic acid groups (broad SMARTS) is 1. The summed E-state index contributed by atoms with van der Waals surface area (Å²) in [7, 11) is 1.32. The molecule has 0 fully saturated rings. The monoisotopic (exact) mass is 533 g/mol. The van der Waals surface area contributed by atoms with Crippen LogP contribution in [-0.4, -0.2) is 72.6 Å². The number of aliphatic hydroxyl groups excluding tert-OH is 1. The number of benzene rings is 1. The number of methoxy groups -OCH3 is 1. The van der Waals surface area contributed by atoms with Crippen molar-refractivity contribution in [3.05, 3.63) is 29.8 Å². The van der Waals surface area contributed by atoms with Gasteiger partial charge in [-0.3, -0.25) is 14.3 Å². The highest BCUT2D eigenvalue weighted by Crippen LogP contribution is 2.26. The minimum absolute atomic E-state index is 0.0449. The molecule has 0 aromatic heterocycles. The number of aliphatic hydroxyl groups is 1. The third-order valence-corrected chi connectivity index (χ3v) is 4.73. The number of carbonyl (C=O) groups excluding carboxylic acids is 2. The first kappa shape index (κ1) is 30.8. The van der Waals surface area contributed by atoms with Crippen LogP contribution in [0.5, 0.6) is 5.75 Å². The highest BCUT2D eigenvalue weighted by molar-refractivity contribution is 5.92. The number of hydrogen-bond donors (Lipinski definition) is 5. The molecule has 4 atom stereocenters. The van der Waals surface area contributed by atoms with Crippen LogP contribution in [0, 0.1) is 5.92 Å². The van der Waals surface area contributed by atoms with Crippen LogP contribution in [0.15, 0.2) is 24.3 Å². The molecule has 3 amide bonds. The number of hydrogen-bond acceptors (Lipinski definition) is 6. The lowest BCUT2D eigenvalue weighted by Crippen LogP contribution is -2.56. The van der Waals surface area contributed by atoms with Gasteiger partial charge in [-0.25, -0.2) is 4.79 Å². The SMILES string of the molecule is COc1ccc(C(NC(=O)C(COC(F)(F)F)NC(=O)O)C(=O)NC(C(C)C)C(O)C(F)(F)F)cc1. The van der Waals surface area contributed by atoms with Crippen molar-refractivity contribution in [2.45, 2.75) is 50.6 Å². The lowest BCUT2D eigenvalue weighted by Gasteiger charge is -2.31. The summed E-state index contributed by atoms with van der Waals surface area (Å²) in [6.45, 7) is 1.06. The first-order valence-corrected chi connectivity index (χ1v) is 10.2. The fourth-order valence-electron chi connectivity index (χ4n) is 2.91. The Morgan fingerprint density at radius 3 is 1.92 bits per heavy atom. The van der Waals surface area contributed by atoms with Crippen molar-refractivity contribution in [2.75, 3.05) is 13.7 Å². The van der Waals surface area contributed by atoms with Gasteiger partial charge in [0.25, 0.3) is 0 Å². The molecule has 0 saturated heterocycles. The van der Waals surface area contributed by atoms with Gasteiger partial charge in [0.05, 0.1) is 19.8 Å². The van der Waals surface area contributed by atoms with E-state index in [1.54, 1.807) is 0 Å². The Labute approximate surface area is 200 Å². The summed E-state index contributed by atoms with van der Waals surface area (Å²) in [5.74, 6) is -3.36. The van der Waals surface area contributed by atoms with Gasteiger partial charge in [-0.1, -0.05) is 26.0 Å². The summed E-state index contributed by atoms with van der Waals surface area (Å²) in [5, 5.41) is 24.0. The van der Waals surface area contributed by atoms with E-state index >= 15 is 0 Å². The Bertz CT molecular complexity index is 893. The van der Waals surface area contributed by atoms with E-state index in [-0.39, 0.29) is 5.56 Å². The largest absolute Gasteiger partial charge is 0.522 e. The van der Waals surface area contributed by atoms with E-state index in [4.69, 9.17) is 9.84 Å². The average molecular weight is 533 g/mol. The molecule has 0 aliphatic rings. The summed E-state index contributed by atoms with van der Waals surface area (Å²) in [6.07, 6.45) is -15.2. The molecule has 1 rings (SSSR count). The third kappa shape index (κ3) is 9.77. The smallest absolute Gasteiger partial charge is 0.497 e. The molecule has 1 aromatic rings. The van der Waals surface area contributed by atoms with Crippen LogP contribution in [0.3, 0.4) is 0 Å². The standard InChI is InChI=1S/C20H25F6N3O7/c1-9(2)13(15(30)19(21,22)23)28-17(32)14(10-4-6-11(35-3)7-5-10)29-16(31)12(27-18(33)34)8-36-20(24,25)26/h4-7,9,12-15,27,30H,8H2,1-3H3,(H,28,32)(H,29,31)(H,33,34). The van der Waals surface area contributed by atoms with Crippen LogP contribution in [0.2, 0.25) is 0 Å². The van der Waals surface area contributed by atoms with Gasteiger partial charge in [0.2, 0.25) is 11.8 Å². The van der Waals surface area contributed by atoms with Crippen LogP contribution in [0.1, 0.15) is 25.5 Å². The molecule has 10 nitrogen and oxygen atoms in total. The third-order valence-electron chi connectivity index (χ3n) is 4.73. The summed E-state index contributed by atoms with van der Waals surface area (Å²) in [6, 6.07) is -0.706. The number of halogens is 6. The number of alkyl halides is 6. The minimum atomic E-state index is -5.22. The highest BCUT2D eigenvalue weighted by Gasteiger charge is 2.46. The Morgan fingerprint density at radius 1 is 0.944 bits per heavy atom. The van der Waals surface area contributed by atoms with E-state index in [2.05, 4.69) is 4.74 Å². The van der Waals surface area contributed by atoms with Gasteiger partial charge < -0.3 is 30.9 Å². The quantitative estimate of drug-likeness (QED) is 0.274. The molecule has 5 N–H and O–H groups in total. The van der Waals surface area contributed by atoms with Crippen LogP contribution in [-0.2, 0) is 14.3 Å². The van der Waals surface area contributed by atoms with E-state index < -0.39 is 67.2 Å². The van der Waals surface area contributed by atoms with Gasteiger partial charge in [0.1, 0.15) is 17.8 Å². The summed E-state index contributed by atoms with van der Waals surface area (Å²) in [5.41, 5.74) is -0.0449. The van der Waals surface area contributed by atoms with E-state index in [1.165, 1.54) is 50.5 Å². The summed E-state index contributed by atoms with van der Waals surface area (Å²) in [4.78, 5) is 36.5. The second kappa shape index (κ2) is 12.6. The van der Waals surface area contributed by atoms with E-state index in [0.29, 0.717) is 5.75 Å². The van der Waals surface area contributed by atoms with Crippen LogP contribution < -0.4 is 20.7 Å². The molecule has 0 spiro atoms. The number of nitrogens with one attached hydrogen (secondary N) is 3. The summed E-state index contributed by atoms with van der Waals surface area (Å²) >= 11 is 0. The second-order valence-electron chi connectivity index (χ2n) is 7.74. The van der Waals surface area contributed by atoms with Gasteiger partial charge in [-0.15, -0.1) is 13.2 Å². The van der Waals surface area contributed by atoms with E-state index in [0.717, 1.165) is 0 Å². The molecule has 16 heteroatoms. The van der Waals surface area contributed by atoms with Gasteiger partial charge >= 0.3 is 18.6 Å². The lowest BCUT2D eigenvalue weighted by molar-refractivity contribution is -0.325. The van der Waals surface area contributed by atoms with Crippen molar-refractivity contribution in [3.63, 3.8) is 0 Å². The predicted octanol–water partition coefficient (Wildman–Crippen LogP) is 2.09. The van der Waals surface area contributed by atoms with Crippen LogP contribution in [0.4, 0.5) is 31.1 Å². The van der Waals surface area contributed by atoms with E-state index in [1.807, 2.05) is 10.6 Å². The number of carbonyl (C=O) groups is 3. The zero-order valence-electron chi connectivity index (χ0n) is 19.1. The molecule has 0 aliphatic heterocycles. The van der Waals surface area contributed by atoms with Crippen molar-refractivity contribution in [1.82, 2.24) is 16.0 Å². The van der Waals surface area contributed by atoms with E-state index in [9.17, 15) is 45.8 Å². The summed E-state index contributed by atoms with van der Waals surface area (Å²) < 4.78 is 84.9. The second-order valence-corrected chi connectivity index (χ2v) is 7.74. The Kier molecular flexibility index (Phi) is 10.8. The number of rotatable bonds is 11. The lowest BCUT2D eigenvalue weighted by atomic mass is 9.96. The maximum Gasteiger partial charge on any atom is 0.522 e. The van der Waals surface area contributed by atoms with Crippen molar-refractivity contribution in [2.24, 2.45) is 5.92 Å². The van der Waals surface area contributed by atoms with Crippen molar-refractivity contribution in [1.29, 1.82) is 0 Å². The molecular weight excluding hydrogens is 508 g/mol. The first-order valence-electron chi connectivity index (χ1n) is 10.2. The number of ether oxygens (including phenoxy) is 2. The zero-order chi connectivity index (χ0) is 27.8. The molecule has 0 heterocycles. The Morgan fingerprint density at radius 2 is 1.50 bits per heavy atom. The molecule has 0 radical (unpaired) electrons. The normalized spacial score (nSPS) is 15.4. The predicted molar refractivity (Wildman–Crippen MR) is 110 cm³/mol. The van der Waals surface area contributed by atoms with Gasteiger partial charge in [0.15, 0.2) is 6.10 Å². The van der Waals surface area contributed by atoms with Crippen molar-refractivity contribution >= 4 is 17.9 Å². The maximum absolute atomic E-state index is 13.1. The van der Waals surface area contributed by atoms with Crippen molar-refractivity contribution in [3.8, 4) is 5.75 Å². The molecular formula is C20H25F6N3O7. The molecule has 204 valence electrons. The minimum Gasteiger partial charge on any atom is -0.497 e. The van der Waals surface area contributed by atoms with Crippen molar-refractivity contribution < 1.29 is 60.4 Å². The van der Waals surface area contributed by atoms with Crippen LogP contribution in [0.25, 0.3) is 0 Å². The molecule has 0 saturated carbocycles. The number of amides is 3. The molecule has 4 unspecified atom stereocenters. The molecule has 0 aliphatic carbocycles. The van der Waals surface area contributed by atoms with Crippen LogP contribution >= 0.6 is 0 Å². The first-order chi connectivity index (χ1) is 16.5. The average Bonchev–Trinajstić information content (AvgIpc) is 2.76. The molecule has 36 heavy (non-hydrogen) atoms. The highest BCUT2D eigenvalue weighted by atomic mass is 19.4. The topological polar surface area (TPSA) is 146 Å². The molecule has 0 bridgehead atoms.